The summed E-state index contributed by atoms with van der Waals surface area (Å²) in [6.45, 7) is 4.83. The normalized spacial score (nSPS) is 22.9. The molecule has 12 heteroatoms. The molecule has 1 aromatic rings. The lowest BCUT2D eigenvalue weighted by atomic mass is 10.0. The van der Waals surface area contributed by atoms with E-state index < -0.39 is 38.4 Å². The lowest BCUT2D eigenvalue weighted by Crippen LogP contribution is -2.38. The van der Waals surface area contributed by atoms with E-state index in [2.05, 4.69) is 26.1 Å². The first-order chi connectivity index (χ1) is 14.1. The molecule has 0 spiro atoms. The number of aliphatic imine (C=N–C) groups is 1. The molecule has 0 bridgehead atoms. The summed E-state index contributed by atoms with van der Waals surface area (Å²) in [7, 11) is 2.38. The number of rotatable bonds is 7. The maximum Gasteiger partial charge on any atom is 0.416 e. The van der Waals surface area contributed by atoms with Crippen molar-refractivity contribution in [3.8, 4) is 0 Å². The van der Waals surface area contributed by atoms with E-state index in [9.17, 15) is 31.1 Å². The molecule has 31 heavy (non-hydrogen) atoms. The molecule has 0 saturated carbocycles. The zero-order valence-corrected chi connectivity index (χ0v) is 19.6. The van der Waals surface area contributed by atoms with E-state index in [1.54, 1.807) is 0 Å². The maximum atomic E-state index is 13.1. The van der Waals surface area contributed by atoms with E-state index in [0.29, 0.717) is 25.0 Å². The molecule has 1 unspecified atom stereocenters. The molecule has 1 aromatic carbocycles. The van der Waals surface area contributed by atoms with Gasteiger partial charge < -0.3 is 10.1 Å². The minimum Gasteiger partial charge on any atom is -0.371 e. The van der Waals surface area contributed by atoms with Crippen LogP contribution in [0.5, 0.6) is 0 Å². The van der Waals surface area contributed by atoms with Gasteiger partial charge in [0.2, 0.25) is 5.91 Å². The Morgan fingerprint density at radius 2 is 1.81 bits per heavy atom. The van der Waals surface area contributed by atoms with Crippen molar-refractivity contribution < 1.29 is 35.9 Å². The van der Waals surface area contributed by atoms with Crippen LogP contribution in [-0.2, 0) is 21.9 Å². The van der Waals surface area contributed by atoms with Crippen LogP contribution in [0.25, 0.3) is 0 Å². The topological polar surface area (TPSA) is 50.7 Å². The molecule has 4 nitrogen and oxygen atoms in total. The minimum absolute atomic E-state index is 0.0694. The van der Waals surface area contributed by atoms with E-state index >= 15 is 0 Å². The number of nitrogens with zero attached hydrogens (tertiary/aromatic N) is 1. The maximum absolute atomic E-state index is 13.1. The fraction of sp³-hybridized carbons (Fsp3) is 0.474. The van der Waals surface area contributed by atoms with Crippen LogP contribution < -0.4 is 5.32 Å². The van der Waals surface area contributed by atoms with Crippen LogP contribution >= 0.6 is 31.8 Å². The number of alkyl halides is 7. The van der Waals surface area contributed by atoms with Gasteiger partial charge in [0.1, 0.15) is 8.83 Å². The predicted molar refractivity (Wildman–Crippen MR) is 116 cm³/mol. The predicted octanol–water partition coefficient (Wildman–Crippen LogP) is 5.67. The standard InChI is InChI=1S/C19H20F6IN2O2P/c1-3-17(31,27-9-16(26)5-4-15(29)28-16)10-30-11(2)12-6-13(18(20,21)22)8-14(7-12)19(23,24)25/h3,6-9,11H,1,4-5,10,31H2,2H3,(H,28,29)/t11-,16+,17+/m1/s1. The molecule has 1 heterocycles. The number of benzene rings is 1. The highest BCUT2D eigenvalue weighted by atomic mass is 127. The number of ether oxygens (including phenoxy) is 1. The molecule has 4 atom stereocenters. The summed E-state index contributed by atoms with van der Waals surface area (Å²) in [6.07, 6.45) is -7.15. The van der Waals surface area contributed by atoms with E-state index in [0.717, 1.165) is 0 Å². The van der Waals surface area contributed by atoms with Crippen molar-refractivity contribution in [3.05, 3.63) is 47.5 Å². The van der Waals surface area contributed by atoms with Gasteiger partial charge in [-0.15, -0.1) is 15.8 Å². The zero-order chi connectivity index (χ0) is 23.7. The molecule has 0 aromatic heterocycles. The second-order valence-electron chi connectivity index (χ2n) is 7.16. The fourth-order valence-corrected chi connectivity index (χ4v) is 3.57. The molecular formula is C19H20F6IN2O2P. The summed E-state index contributed by atoms with van der Waals surface area (Å²) >= 11 is 2.03. The lowest BCUT2D eigenvalue weighted by molar-refractivity contribution is -0.143. The summed E-state index contributed by atoms with van der Waals surface area (Å²) < 4.78 is 83.3. The quantitative estimate of drug-likeness (QED) is 0.0860. The minimum atomic E-state index is -4.94. The monoisotopic (exact) mass is 580 g/mol. The van der Waals surface area contributed by atoms with Crippen LogP contribution in [0.15, 0.2) is 35.8 Å². The zero-order valence-electron chi connectivity index (χ0n) is 16.3. The Hall–Kier alpha value is -1.20. The Bertz CT molecular complexity index is 844. The van der Waals surface area contributed by atoms with Crippen molar-refractivity contribution in [1.82, 2.24) is 5.32 Å². The smallest absolute Gasteiger partial charge is 0.371 e. The van der Waals surface area contributed by atoms with Gasteiger partial charge in [-0.1, -0.05) is 6.08 Å². The van der Waals surface area contributed by atoms with Crippen molar-refractivity contribution in [2.24, 2.45) is 4.99 Å². The Morgan fingerprint density at radius 3 is 2.23 bits per heavy atom. The van der Waals surface area contributed by atoms with Crippen molar-refractivity contribution >= 4 is 44.0 Å². The van der Waals surface area contributed by atoms with Crippen LogP contribution in [0.3, 0.4) is 0 Å². The van der Waals surface area contributed by atoms with Crippen LogP contribution in [0.2, 0.25) is 0 Å². The summed E-state index contributed by atoms with van der Waals surface area (Å²) in [6, 6.07) is 1.34. The van der Waals surface area contributed by atoms with Crippen LogP contribution in [0.1, 0.15) is 42.6 Å². The summed E-state index contributed by atoms with van der Waals surface area (Å²) in [5.41, 5.74) is -3.08. The fourth-order valence-electron chi connectivity index (χ4n) is 2.69. The van der Waals surface area contributed by atoms with E-state index in [4.69, 9.17) is 4.74 Å². The molecule has 1 saturated heterocycles. The van der Waals surface area contributed by atoms with E-state index in [-0.39, 0.29) is 24.1 Å². The lowest BCUT2D eigenvalue weighted by Gasteiger charge is -2.26. The van der Waals surface area contributed by atoms with Gasteiger partial charge in [0.15, 0.2) is 0 Å². The highest BCUT2D eigenvalue weighted by molar-refractivity contribution is 14.1. The third-order valence-electron chi connectivity index (χ3n) is 4.57. The second-order valence-corrected chi connectivity index (χ2v) is 10.1. The number of carbonyl (C=O) groups excluding carboxylic acids is 1. The van der Waals surface area contributed by atoms with Crippen LogP contribution in [0, 0.1) is 0 Å². The second kappa shape index (κ2) is 9.35. The van der Waals surface area contributed by atoms with E-state index in [1.807, 2.05) is 22.6 Å². The largest absolute Gasteiger partial charge is 0.416 e. The number of amides is 1. The number of nitrogens with one attached hydrogen (secondary N) is 1. The van der Waals surface area contributed by atoms with Crippen molar-refractivity contribution in [3.63, 3.8) is 0 Å². The Kier molecular flexibility index (Phi) is 7.86. The van der Waals surface area contributed by atoms with Crippen molar-refractivity contribution in [2.75, 3.05) is 6.61 Å². The molecular weight excluding hydrogens is 560 g/mol. The Morgan fingerprint density at radius 1 is 1.26 bits per heavy atom. The van der Waals surface area contributed by atoms with Gasteiger partial charge in [-0.3, -0.25) is 9.79 Å². The first-order valence-electron chi connectivity index (χ1n) is 8.97. The number of halogens is 7. The number of hydrogen-bond donors (Lipinski definition) is 1. The van der Waals surface area contributed by atoms with Gasteiger partial charge in [-0.2, -0.15) is 26.3 Å². The average Bonchev–Trinajstić information content (AvgIpc) is 3.02. The molecule has 1 amide bonds. The molecule has 1 aliphatic heterocycles. The first-order valence-corrected chi connectivity index (χ1v) is 10.6. The average molecular weight is 580 g/mol. The third kappa shape index (κ3) is 7.15. The van der Waals surface area contributed by atoms with Crippen molar-refractivity contribution in [2.45, 2.75) is 47.0 Å². The number of carbonyl (C=O) groups is 1. The molecule has 1 fully saturated rings. The highest BCUT2D eigenvalue weighted by Gasteiger charge is 2.38. The summed E-state index contributed by atoms with van der Waals surface area (Å²) in [4.78, 5) is 15.8. The highest BCUT2D eigenvalue weighted by Crippen LogP contribution is 2.38. The van der Waals surface area contributed by atoms with Gasteiger partial charge in [-0.25, -0.2) is 0 Å². The molecule has 1 N–H and O–H groups in total. The summed E-state index contributed by atoms with van der Waals surface area (Å²) in [5.74, 6) is -0.122. The van der Waals surface area contributed by atoms with Gasteiger partial charge in [-0.05, 0) is 59.7 Å². The third-order valence-corrected chi connectivity index (χ3v) is 6.21. The molecule has 1 aliphatic rings. The van der Waals surface area contributed by atoms with Crippen molar-refractivity contribution in [1.29, 1.82) is 0 Å². The summed E-state index contributed by atoms with van der Waals surface area (Å²) in [5, 5.41) is 1.67. The molecule has 0 aliphatic carbocycles. The number of hydrogen-bond acceptors (Lipinski definition) is 3. The SMILES string of the molecule is C=C[C@](P)(CO[C@H](C)c1cc(C(F)(F)F)cc(C(F)(F)F)c1)N=C[C@]1(I)CCC(=O)N1. The molecule has 2 rings (SSSR count). The van der Waals surface area contributed by atoms with Gasteiger partial charge in [0, 0.05) is 12.6 Å². The molecule has 0 radical (unpaired) electrons. The molecule has 172 valence electrons. The Labute approximate surface area is 191 Å². The van der Waals surface area contributed by atoms with Gasteiger partial charge >= 0.3 is 12.4 Å². The van der Waals surface area contributed by atoms with Crippen LogP contribution in [0.4, 0.5) is 26.3 Å². The van der Waals surface area contributed by atoms with Gasteiger partial charge in [0.05, 0.1) is 23.8 Å². The van der Waals surface area contributed by atoms with Gasteiger partial charge in [0.25, 0.3) is 0 Å². The van der Waals surface area contributed by atoms with E-state index in [1.165, 1.54) is 19.2 Å². The Balaban J connectivity index is 2.20. The van der Waals surface area contributed by atoms with Crippen LogP contribution in [-0.4, -0.2) is 27.6 Å². The first kappa shape index (κ1) is 26.1.